The zero-order valence-electron chi connectivity index (χ0n) is 17.4. The molecule has 0 unspecified atom stereocenters. The third kappa shape index (κ3) is 3.91. The highest BCUT2D eigenvalue weighted by Crippen LogP contribution is 2.35. The lowest BCUT2D eigenvalue weighted by atomic mass is 9.97. The van der Waals surface area contributed by atoms with E-state index in [9.17, 15) is 0 Å². The molecule has 7 nitrogen and oxygen atoms in total. The molecular formula is C23H26N4O3. The Morgan fingerprint density at radius 1 is 0.967 bits per heavy atom. The molecule has 3 aromatic rings. The molecule has 1 aromatic heterocycles. The zero-order valence-corrected chi connectivity index (χ0v) is 17.4. The number of nitrogens with zero attached hydrogens (tertiary/aromatic N) is 4. The monoisotopic (exact) mass is 406 g/mol. The summed E-state index contributed by atoms with van der Waals surface area (Å²) < 4.78 is 16.4. The average Bonchev–Trinajstić information content (AvgIpc) is 3.39. The number of ether oxygens (including phenoxy) is 2. The molecule has 5 rings (SSSR count). The van der Waals surface area contributed by atoms with Gasteiger partial charge >= 0.3 is 0 Å². The summed E-state index contributed by atoms with van der Waals surface area (Å²) in [7, 11) is 0. The lowest BCUT2D eigenvalue weighted by Crippen LogP contribution is -2.58. The van der Waals surface area contributed by atoms with E-state index in [0.29, 0.717) is 18.3 Å². The van der Waals surface area contributed by atoms with Crippen molar-refractivity contribution in [1.82, 2.24) is 19.9 Å². The Morgan fingerprint density at radius 2 is 1.80 bits per heavy atom. The Kier molecular flexibility index (Phi) is 4.92. The molecule has 0 aliphatic carbocycles. The molecule has 30 heavy (non-hydrogen) atoms. The number of rotatable bonds is 5. The lowest BCUT2D eigenvalue weighted by molar-refractivity contribution is 0.00649. The highest BCUT2D eigenvalue weighted by molar-refractivity contribution is 5.61. The minimum absolute atomic E-state index is 0.0638. The van der Waals surface area contributed by atoms with Crippen LogP contribution in [0.3, 0.4) is 0 Å². The molecule has 2 aliphatic heterocycles. The minimum atomic E-state index is 0.0638. The van der Waals surface area contributed by atoms with Crippen molar-refractivity contribution in [3.05, 3.63) is 60.0 Å². The Labute approximate surface area is 176 Å². The maximum atomic E-state index is 5.54. The van der Waals surface area contributed by atoms with E-state index in [4.69, 9.17) is 14.0 Å². The van der Waals surface area contributed by atoms with Crippen LogP contribution in [-0.2, 0) is 13.1 Å². The Bertz CT molecular complexity index is 1020. The summed E-state index contributed by atoms with van der Waals surface area (Å²) in [6.45, 7) is 9.39. The number of benzene rings is 2. The van der Waals surface area contributed by atoms with E-state index in [1.165, 1.54) is 5.56 Å². The predicted molar refractivity (Wildman–Crippen MR) is 112 cm³/mol. The van der Waals surface area contributed by atoms with E-state index in [0.717, 1.165) is 43.2 Å². The summed E-state index contributed by atoms with van der Waals surface area (Å²) in [5.41, 5.74) is 2.28. The molecule has 0 atom stereocenters. The van der Waals surface area contributed by atoms with Crippen LogP contribution in [0.4, 0.5) is 0 Å². The fourth-order valence-electron chi connectivity index (χ4n) is 4.19. The van der Waals surface area contributed by atoms with Crippen molar-refractivity contribution in [1.29, 1.82) is 0 Å². The van der Waals surface area contributed by atoms with Crippen LogP contribution in [0.25, 0.3) is 11.4 Å². The predicted octanol–water partition coefficient (Wildman–Crippen LogP) is 3.56. The highest BCUT2D eigenvalue weighted by atomic mass is 16.7. The molecule has 1 fully saturated rings. The number of aromatic nitrogens is 2. The molecular weight excluding hydrogens is 380 g/mol. The zero-order chi connectivity index (χ0) is 20.6. The van der Waals surface area contributed by atoms with Gasteiger partial charge < -0.3 is 14.0 Å². The second kappa shape index (κ2) is 7.74. The lowest BCUT2D eigenvalue weighted by Gasteiger charge is -2.47. The molecule has 7 heteroatoms. The third-order valence-electron chi connectivity index (χ3n) is 5.83. The van der Waals surface area contributed by atoms with E-state index in [1.54, 1.807) is 0 Å². The van der Waals surface area contributed by atoms with Crippen molar-refractivity contribution in [3.63, 3.8) is 0 Å². The Balaban J connectivity index is 1.23. The van der Waals surface area contributed by atoms with Gasteiger partial charge in [-0.3, -0.25) is 9.80 Å². The molecule has 3 heterocycles. The van der Waals surface area contributed by atoms with Crippen LogP contribution in [-0.4, -0.2) is 51.9 Å². The first-order valence-electron chi connectivity index (χ1n) is 10.3. The minimum Gasteiger partial charge on any atom is -0.454 e. The number of hydrogen-bond donors (Lipinski definition) is 0. The van der Waals surface area contributed by atoms with Gasteiger partial charge in [0.1, 0.15) is 0 Å². The van der Waals surface area contributed by atoms with Gasteiger partial charge in [-0.05, 0) is 37.6 Å². The molecule has 0 N–H and O–H groups in total. The summed E-state index contributed by atoms with van der Waals surface area (Å²) >= 11 is 0. The van der Waals surface area contributed by atoms with E-state index in [2.05, 4.69) is 64.1 Å². The van der Waals surface area contributed by atoms with E-state index in [1.807, 2.05) is 18.2 Å². The van der Waals surface area contributed by atoms with Gasteiger partial charge in [-0.25, -0.2) is 0 Å². The molecule has 156 valence electrons. The van der Waals surface area contributed by atoms with Crippen molar-refractivity contribution in [2.75, 3.05) is 26.4 Å². The average molecular weight is 406 g/mol. The first-order chi connectivity index (χ1) is 14.6. The maximum Gasteiger partial charge on any atom is 0.241 e. The largest absolute Gasteiger partial charge is 0.454 e. The maximum absolute atomic E-state index is 5.54. The van der Waals surface area contributed by atoms with Crippen LogP contribution in [0.15, 0.2) is 53.1 Å². The van der Waals surface area contributed by atoms with Crippen LogP contribution in [0.5, 0.6) is 11.5 Å². The standard InChI is InChI=1S/C23H26N4O3/c1-23(2)15-26(10-11-27(23)13-17-6-4-3-5-7-17)14-21-24-22(25-30-21)18-8-9-19-20(12-18)29-16-28-19/h3-9,12H,10-11,13-16H2,1-2H3. The van der Waals surface area contributed by atoms with E-state index < -0.39 is 0 Å². The second-order valence-electron chi connectivity index (χ2n) is 8.51. The van der Waals surface area contributed by atoms with Crippen LogP contribution < -0.4 is 9.47 Å². The molecule has 0 spiro atoms. The summed E-state index contributed by atoms with van der Waals surface area (Å²) in [6.07, 6.45) is 0. The first kappa shape index (κ1) is 19.1. The molecule has 0 bridgehead atoms. The molecule has 0 radical (unpaired) electrons. The van der Waals surface area contributed by atoms with Crippen LogP contribution in [0.2, 0.25) is 0 Å². The fourth-order valence-corrected chi connectivity index (χ4v) is 4.19. The quantitative estimate of drug-likeness (QED) is 0.642. The topological polar surface area (TPSA) is 63.9 Å². The van der Waals surface area contributed by atoms with Gasteiger partial charge in [0.15, 0.2) is 11.5 Å². The molecule has 2 aliphatic rings. The first-order valence-corrected chi connectivity index (χ1v) is 10.3. The Morgan fingerprint density at radius 3 is 2.63 bits per heavy atom. The van der Waals surface area contributed by atoms with Crippen molar-refractivity contribution < 1.29 is 14.0 Å². The van der Waals surface area contributed by atoms with Crippen LogP contribution >= 0.6 is 0 Å². The van der Waals surface area contributed by atoms with E-state index >= 15 is 0 Å². The SMILES string of the molecule is CC1(C)CN(Cc2nc(-c3ccc4c(c3)OCO4)no2)CCN1Cc1ccccc1. The van der Waals surface area contributed by atoms with Gasteiger partial charge in [0, 0.05) is 37.3 Å². The highest BCUT2D eigenvalue weighted by Gasteiger charge is 2.34. The summed E-state index contributed by atoms with van der Waals surface area (Å²) in [5.74, 6) is 2.67. The second-order valence-corrected chi connectivity index (χ2v) is 8.51. The van der Waals surface area contributed by atoms with E-state index in [-0.39, 0.29) is 12.3 Å². The molecule has 1 saturated heterocycles. The van der Waals surface area contributed by atoms with Gasteiger partial charge in [0.2, 0.25) is 18.5 Å². The van der Waals surface area contributed by atoms with Crippen molar-refractivity contribution >= 4 is 0 Å². The number of hydrogen-bond acceptors (Lipinski definition) is 7. The normalized spacial score (nSPS) is 18.6. The number of fused-ring (bicyclic) bond motifs is 1. The van der Waals surface area contributed by atoms with Gasteiger partial charge in [0.25, 0.3) is 0 Å². The number of piperazine rings is 1. The van der Waals surface area contributed by atoms with Gasteiger partial charge in [0.05, 0.1) is 6.54 Å². The van der Waals surface area contributed by atoms with Crippen LogP contribution in [0, 0.1) is 0 Å². The molecule has 0 amide bonds. The molecule has 2 aromatic carbocycles. The third-order valence-corrected chi connectivity index (χ3v) is 5.83. The van der Waals surface area contributed by atoms with Crippen molar-refractivity contribution in [2.24, 2.45) is 0 Å². The van der Waals surface area contributed by atoms with Crippen molar-refractivity contribution in [2.45, 2.75) is 32.5 Å². The van der Waals surface area contributed by atoms with Gasteiger partial charge in [-0.1, -0.05) is 35.5 Å². The summed E-state index contributed by atoms with van der Waals surface area (Å²) in [4.78, 5) is 9.54. The van der Waals surface area contributed by atoms with Crippen LogP contribution in [0.1, 0.15) is 25.3 Å². The molecule has 0 saturated carbocycles. The fraction of sp³-hybridized carbons (Fsp3) is 0.391. The van der Waals surface area contributed by atoms with Crippen molar-refractivity contribution in [3.8, 4) is 22.9 Å². The summed E-state index contributed by atoms with van der Waals surface area (Å²) in [6, 6.07) is 16.3. The van der Waals surface area contributed by atoms with Gasteiger partial charge in [-0.15, -0.1) is 0 Å². The van der Waals surface area contributed by atoms with Gasteiger partial charge in [-0.2, -0.15) is 4.98 Å². The Hall–Kier alpha value is -2.90. The summed E-state index contributed by atoms with van der Waals surface area (Å²) in [5, 5.41) is 4.16. The smallest absolute Gasteiger partial charge is 0.241 e.